The molecular weight excluding hydrogens is 253 g/mol. The van der Waals surface area contributed by atoms with E-state index in [2.05, 4.69) is 10.4 Å². The predicted molar refractivity (Wildman–Crippen MR) is 63.4 cm³/mol. The largest absolute Gasteiger partial charge is 0.474 e. The fourth-order valence-electron chi connectivity index (χ4n) is 2.56. The number of aliphatic hydroxyl groups is 1. The van der Waals surface area contributed by atoms with Crippen LogP contribution in [0.3, 0.4) is 0 Å². The lowest BCUT2D eigenvalue weighted by Crippen LogP contribution is -2.39. The Kier molecular flexibility index (Phi) is 3.14. The van der Waals surface area contributed by atoms with Crippen molar-refractivity contribution in [3.8, 4) is 5.88 Å². The Labute approximate surface area is 109 Å². The Hall–Kier alpha value is -1.63. The molecule has 1 fully saturated rings. The van der Waals surface area contributed by atoms with Crippen LogP contribution in [0.5, 0.6) is 5.88 Å². The summed E-state index contributed by atoms with van der Waals surface area (Å²) >= 11 is 0. The SMILES string of the molecule is O=C(NC1CCC(O)CC1)c1nn2c(c1F)OCC2. The zero-order valence-electron chi connectivity index (χ0n) is 10.4. The number of rotatable bonds is 2. The normalized spacial score (nSPS) is 25.8. The summed E-state index contributed by atoms with van der Waals surface area (Å²) in [6, 6.07) is -0.0206. The molecule has 0 aromatic carbocycles. The summed E-state index contributed by atoms with van der Waals surface area (Å²) in [5.74, 6) is -1.15. The standard InChI is InChI=1S/C12H16FN3O3/c13-9-10(15-16-5-6-19-12(9)16)11(18)14-7-1-3-8(17)4-2-7/h7-8,17H,1-6H2,(H,14,18). The predicted octanol–water partition coefficient (Wildman–Crippen LogP) is 0.448. The fourth-order valence-corrected chi connectivity index (χ4v) is 2.56. The Morgan fingerprint density at radius 3 is 2.84 bits per heavy atom. The van der Waals surface area contributed by atoms with E-state index in [1.807, 2.05) is 0 Å². The van der Waals surface area contributed by atoms with Crippen molar-refractivity contribution in [2.45, 2.75) is 44.4 Å². The number of ether oxygens (including phenoxy) is 1. The lowest BCUT2D eigenvalue weighted by Gasteiger charge is -2.25. The summed E-state index contributed by atoms with van der Waals surface area (Å²) < 4.78 is 20.3. The van der Waals surface area contributed by atoms with Crippen molar-refractivity contribution in [2.75, 3.05) is 6.61 Å². The lowest BCUT2D eigenvalue weighted by molar-refractivity contribution is 0.0858. The monoisotopic (exact) mass is 269 g/mol. The van der Waals surface area contributed by atoms with Gasteiger partial charge in [0.15, 0.2) is 5.69 Å². The molecule has 1 aliphatic carbocycles. The van der Waals surface area contributed by atoms with Crippen molar-refractivity contribution < 1.29 is 19.0 Å². The van der Waals surface area contributed by atoms with Gasteiger partial charge in [0.2, 0.25) is 11.7 Å². The molecule has 0 atom stereocenters. The summed E-state index contributed by atoms with van der Waals surface area (Å²) in [7, 11) is 0. The van der Waals surface area contributed by atoms with Crippen LogP contribution in [0.15, 0.2) is 0 Å². The first-order valence-corrected chi connectivity index (χ1v) is 6.53. The molecule has 1 aromatic heterocycles. The molecule has 104 valence electrons. The van der Waals surface area contributed by atoms with Crippen LogP contribution in [-0.2, 0) is 6.54 Å². The zero-order chi connectivity index (χ0) is 13.4. The molecule has 2 heterocycles. The first kappa shape index (κ1) is 12.4. The Morgan fingerprint density at radius 1 is 1.42 bits per heavy atom. The average molecular weight is 269 g/mol. The number of nitrogens with zero attached hydrogens (tertiary/aromatic N) is 2. The molecule has 1 amide bonds. The van der Waals surface area contributed by atoms with Gasteiger partial charge in [-0.25, -0.2) is 4.68 Å². The molecule has 0 spiro atoms. The van der Waals surface area contributed by atoms with E-state index < -0.39 is 11.7 Å². The molecule has 6 nitrogen and oxygen atoms in total. The smallest absolute Gasteiger partial charge is 0.275 e. The van der Waals surface area contributed by atoms with Crippen LogP contribution in [0.2, 0.25) is 0 Å². The number of nitrogens with one attached hydrogen (secondary N) is 1. The van der Waals surface area contributed by atoms with Gasteiger partial charge in [-0.3, -0.25) is 4.79 Å². The summed E-state index contributed by atoms with van der Waals surface area (Å²) in [5, 5.41) is 16.1. The highest BCUT2D eigenvalue weighted by atomic mass is 19.1. The second-order valence-corrected chi connectivity index (χ2v) is 5.02. The topological polar surface area (TPSA) is 76.4 Å². The van der Waals surface area contributed by atoms with E-state index in [1.165, 1.54) is 4.68 Å². The Balaban J connectivity index is 1.67. The number of carbonyl (C=O) groups excluding carboxylic acids is 1. The second kappa shape index (κ2) is 4.80. The third-order valence-electron chi connectivity index (χ3n) is 3.64. The molecule has 2 aliphatic rings. The lowest BCUT2D eigenvalue weighted by atomic mass is 9.93. The molecular formula is C12H16FN3O3. The van der Waals surface area contributed by atoms with E-state index in [4.69, 9.17) is 4.74 Å². The van der Waals surface area contributed by atoms with Crippen LogP contribution in [0, 0.1) is 5.82 Å². The van der Waals surface area contributed by atoms with Gasteiger partial charge in [-0.1, -0.05) is 0 Å². The van der Waals surface area contributed by atoms with Crippen molar-refractivity contribution >= 4 is 5.91 Å². The van der Waals surface area contributed by atoms with Crippen molar-refractivity contribution in [1.29, 1.82) is 0 Å². The van der Waals surface area contributed by atoms with Gasteiger partial charge in [-0.15, -0.1) is 0 Å². The zero-order valence-corrected chi connectivity index (χ0v) is 10.4. The number of carbonyl (C=O) groups is 1. The molecule has 1 saturated carbocycles. The van der Waals surface area contributed by atoms with E-state index in [0.29, 0.717) is 38.8 Å². The minimum absolute atomic E-state index is 0.0206. The molecule has 0 radical (unpaired) electrons. The molecule has 0 unspecified atom stereocenters. The number of aromatic nitrogens is 2. The molecule has 0 bridgehead atoms. The molecule has 7 heteroatoms. The van der Waals surface area contributed by atoms with E-state index in [-0.39, 0.29) is 23.7 Å². The third kappa shape index (κ3) is 2.30. The van der Waals surface area contributed by atoms with Gasteiger partial charge in [-0.2, -0.15) is 9.49 Å². The van der Waals surface area contributed by atoms with Crippen molar-refractivity contribution in [2.24, 2.45) is 0 Å². The first-order chi connectivity index (χ1) is 9.15. The van der Waals surface area contributed by atoms with Crippen molar-refractivity contribution in [1.82, 2.24) is 15.1 Å². The number of hydrogen-bond acceptors (Lipinski definition) is 4. The maximum absolute atomic E-state index is 13.9. The average Bonchev–Trinajstić information content (AvgIpc) is 2.96. The minimum Gasteiger partial charge on any atom is -0.474 e. The van der Waals surface area contributed by atoms with Gasteiger partial charge in [0.25, 0.3) is 5.91 Å². The van der Waals surface area contributed by atoms with Crippen molar-refractivity contribution in [3.05, 3.63) is 11.5 Å². The quantitative estimate of drug-likeness (QED) is 0.817. The highest BCUT2D eigenvalue weighted by Crippen LogP contribution is 2.25. The molecule has 1 aromatic rings. The highest BCUT2D eigenvalue weighted by Gasteiger charge is 2.29. The molecule has 1 aliphatic heterocycles. The van der Waals surface area contributed by atoms with Crippen LogP contribution >= 0.6 is 0 Å². The highest BCUT2D eigenvalue weighted by molar-refractivity contribution is 5.93. The van der Waals surface area contributed by atoms with Gasteiger partial charge in [-0.05, 0) is 25.7 Å². The third-order valence-corrected chi connectivity index (χ3v) is 3.64. The number of amides is 1. The number of halogens is 1. The fraction of sp³-hybridized carbons (Fsp3) is 0.667. The van der Waals surface area contributed by atoms with E-state index in [1.54, 1.807) is 0 Å². The van der Waals surface area contributed by atoms with Crippen LogP contribution < -0.4 is 10.1 Å². The van der Waals surface area contributed by atoms with E-state index in [9.17, 15) is 14.3 Å². The molecule has 19 heavy (non-hydrogen) atoms. The Bertz CT molecular complexity index is 495. The van der Waals surface area contributed by atoms with Crippen LogP contribution in [0.4, 0.5) is 4.39 Å². The summed E-state index contributed by atoms with van der Waals surface area (Å²) in [6.07, 6.45) is 2.46. The summed E-state index contributed by atoms with van der Waals surface area (Å²) in [6.45, 7) is 0.858. The second-order valence-electron chi connectivity index (χ2n) is 5.02. The molecule has 3 rings (SSSR count). The summed E-state index contributed by atoms with van der Waals surface area (Å²) in [4.78, 5) is 12.0. The minimum atomic E-state index is -0.689. The number of aliphatic hydroxyl groups excluding tert-OH is 1. The number of fused-ring (bicyclic) bond motifs is 1. The maximum atomic E-state index is 13.9. The number of hydrogen-bond donors (Lipinski definition) is 2. The van der Waals surface area contributed by atoms with Crippen LogP contribution in [0.25, 0.3) is 0 Å². The van der Waals surface area contributed by atoms with Gasteiger partial charge in [0.1, 0.15) is 6.61 Å². The van der Waals surface area contributed by atoms with E-state index in [0.717, 1.165) is 0 Å². The maximum Gasteiger partial charge on any atom is 0.275 e. The van der Waals surface area contributed by atoms with Gasteiger partial charge < -0.3 is 15.2 Å². The van der Waals surface area contributed by atoms with Crippen LogP contribution in [-0.4, -0.2) is 39.5 Å². The van der Waals surface area contributed by atoms with Crippen LogP contribution in [0.1, 0.15) is 36.2 Å². The molecule has 0 saturated heterocycles. The van der Waals surface area contributed by atoms with Gasteiger partial charge >= 0.3 is 0 Å². The summed E-state index contributed by atoms with van der Waals surface area (Å²) in [5.41, 5.74) is -0.208. The van der Waals surface area contributed by atoms with Gasteiger partial charge in [0, 0.05) is 6.04 Å². The Morgan fingerprint density at radius 2 is 2.16 bits per heavy atom. The van der Waals surface area contributed by atoms with Gasteiger partial charge in [0.05, 0.1) is 12.6 Å². The van der Waals surface area contributed by atoms with E-state index >= 15 is 0 Å². The first-order valence-electron chi connectivity index (χ1n) is 6.53. The van der Waals surface area contributed by atoms with Crippen molar-refractivity contribution in [3.63, 3.8) is 0 Å². The molecule has 2 N–H and O–H groups in total.